The maximum Gasteiger partial charge on any atom is 0.221 e. The van der Waals surface area contributed by atoms with E-state index in [-0.39, 0.29) is 17.5 Å². The number of carbonyl (C=O) groups excluding carboxylic acids is 1. The number of ether oxygens (including phenoxy) is 1. The maximum atomic E-state index is 14.0. The summed E-state index contributed by atoms with van der Waals surface area (Å²) in [5.74, 6) is -0.244. The molecule has 2 rings (SSSR count). The predicted octanol–water partition coefficient (Wildman–Crippen LogP) is 3.40. The van der Waals surface area contributed by atoms with Crippen LogP contribution in [0.2, 0.25) is 0 Å². The smallest absolute Gasteiger partial charge is 0.221 e. The van der Waals surface area contributed by atoms with Crippen molar-refractivity contribution >= 4 is 17.3 Å². The molecule has 0 aliphatic heterocycles. The lowest BCUT2D eigenvalue weighted by atomic mass is 10.2. The van der Waals surface area contributed by atoms with Crippen LogP contribution in [-0.2, 0) is 11.3 Å². The summed E-state index contributed by atoms with van der Waals surface area (Å²) >= 11 is 0. The van der Waals surface area contributed by atoms with E-state index in [2.05, 4.69) is 10.6 Å². The molecule has 0 radical (unpaired) electrons. The lowest BCUT2D eigenvalue weighted by Crippen LogP contribution is -2.06. The van der Waals surface area contributed by atoms with E-state index in [9.17, 15) is 9.18 Å². The second-order valence-electron chi connectivity index (χ2n) is 4.55. The average Bonchev–Trinajstić information content (AvgIpc) is 2.47. The number of nitrogens with one attached hydrogen (secondary N) is 2. The largest absolute Gasteiger partial charge is 0.494 e. The number of carbonyl (C=O) groups is 1. The molecule has 1 amide bonds. The second-order valence-corrected chi connectivity index (χ2v) is 4.55. The van der Waals surface area contributed by atoms with Gasteiger partial charge in [-0.3, -0.25) is 4.79 Å². The van der Waals surface area contributed by atoms with Gasteiger partial charge in [0.25, 0.3) is 0 Å². The van der Waals surface area contributed by atoms with Crippen LogP contribution in [0.4, 0.5) is 15.8 Å². The SMILES string of the molecule is COc1cccc(CNc2ccc(NC(C)=O)cc2)c1F. The van der Waals surface area contributed by atoms with Crippen molar-refractivity contribution in [1.82, 2.24) is 0 Å². The normalized spacial score (nSPS) is 10.0. The van der Waals surface area contributed by atoms with Gasteiger partial charge in [0.05, 0.1) is 7.11 Å². The Morgan fingerprint density at radius 2 is 1.81 bits per heavy atom. The molecule has 0 unspecified atom stereocenters. The predicted molar refractivity (Wildman–Crippen MR) is 81.0 cm³/mol. The van der Waals surface area contributed by atoms with Crippen LogP contribution in [0.3, 0.4) is 0 Å². The molecule has 0 saturated carbocycles. The molecule has 2 aromatic rings. The standard InChI is InChI=1S/C16H17FN2O2/c1-11(20)19-14-8-6-13(7-9-14)18-10-12-4-3-5-15(21-2)16(12)17/h3-9,18H,10H2,1-2H3,(H,19,20). The summed E-state index contributed by atoms with van der Waals surface area (Å²) in [6, 6.07) is 12.3. The Hall–Kier alpha value is -2.56. The van der Waals surface area contributed by atoms with Crippen LogP contribution in [0, 0.1) is 5.82 Å². The Labute approximate surface area is 122 Å². The number of rotatable bonds is 5. The van der Waals surface area contributed by atoms with Gasteiger partial charge in [0.15, 0.2) is 11.6 Å². The van der Waals surface area contributed by atoms with Gasteiger partial charge in [-0.15, -0.1) is 0 Å². The highest BCUT2D eigenvalue weighted by atomic mass is 19.1. The van der Waals surface area contributed by atoms with Gasteiger partial charge in [-0.1, -0.05) is 12.1 Å². The van der Waals surface area contributed by atoms with Gasteiger partial charge < -0.3 is 15.4 Å². The van der Waals surface area contributed by atoms with Crippen LogP contribution in [0.1, 0.15) is 12.5 Å². The zero-order chi connectivity index (χ0) is 15.2. The number of anilines is 2. The first-order valence-corrected chi connectivity index (χ1v) is 6.53. The fourth-order valence-electron chi connectivity index (χ4n) is 1.92. The molecule has 110 valence electrons. The zero-order valence-electron chi connectivity index (χ0n) is 11.9. The topological polar surface area (TPSA) is 50.4 Å². The van der Waals surface area contributed by atoms with Gasteiger partial charge in [0, 0.05) is 30.4 Å². The molecule has 21 heavy (non-hydrogen) atoms. The highest BCUT2D eigenvalue weighted by molar-refractivity contribution is 5.88. The van der Waals surface area contributed by atoms with E-state index in [1.807, 2.05) is 12.1 Å². The summed E-state index contributed by atoms with van der Waals surface area (Å²) < 4.78 is 18.9. The number of hydrogen-bond acceptors (Lipinski definition) is 3. The molecule has 0 bridgehead atoms. The molecule has 2 aromatic carbocycles. The van der Waals surface area contributed by atoms with Crippen molar-refractivity contribution in [3.63, 3.8) is 0 Å². The third-order valence-corrected chi connectivity index (χ3v) is 2.95. The molecule has 2 N–H and O–H groups in total. The lowest BCUT2D eigenvalue weighted by molar-refractivity contribution is -0.114. The molecule has 0 aliphatic rings. The van der Waals surface area contributed by atoms with E-state index >= 15 is 0 Å². The summed E-state index contributed by atoms with van der Waals surface area (Å²) in [7, 11) is 1.44. The molecule has 0 fully saturated rings. The van der Waals surface area contributed by atoms with Crippen molar-refractivity contribution in [3.05, 3.63) is 53.8 Å². The molecule has 0 heterocycles. The molecule has 0 aromatic heterocycles. The van der Waals surface area contributed by atoms with Crippen molar-refractivity contribution in [1.29, 1.82) is 0 Å². The Morgan fingerprint density at radius 3 is 2.43 bits per heavy atom. The molecule has 0 aliphatic carbocycles. The summed E-state index contributed by atoms with van der Waals surface area (Å²) in [6.45, 7) is 1.81. The highest BCUT2D eigenvalue weighted by Crippen LogP contribution is 2.21. The van der Waals surface area contributed by atoms with Crippen LogP contribution in [0.15, 0.2) is 42.5 Å². The lowest BCUT2D eigenvalue weighted by Gasteiger charge is -2.10. The average molecular weight is 288 g/mol. The molecule has 0 saturated heterocycles. The van der Waals surface area contributed by atoms with Gasteiger partial charge in [0.1, 0.15) is 0 Å². The van der Waals surface area contributed by atoms with E-state index in [4.69, 9.17) is 4.74 Å². The van der Waals surface area contributed by atoms with E-state index in [0.717, 1.165) is 11.4 Å². The van der Waals surface area contributed by atoms with Gasteiger partial charge in [-0.25, -0.2) is 4.39 Å². The van der Waals surface area contributed by atoms with Gasteiger partial charge in [0.2, 0.25) is 5.91 Å². The number of benzene rings is 2. The Kier molecular flexibility index (Phi) is 4.77. The third-order valence-electron chi connectivity index (χ3n) is 2.95. The molecular formula is C16H17FN2O2. The first-order chi connectivity index (χ1) is 10.1. The van der Waals surface area contributed by atoms with E-state index in [0.29, 0.717) is 12.1 Å². The van der Waals surface area contributed by atoms with Gasteiger partial charge >= 0.3 is 0 Å². The highest BCUT2D eigenvalue weighted by Gasteiger charge is 2.07. The van der Waals surface area contributed by atoms with Crippen molar-refractivity contribution in [2.24, 2.45) is 0 Å². The van der Waals surface area contributed by atoms with Gasteiger partial charge in [-0.2, -0.15) is 0 Å². The van der Waals surface area contributed by atoms with Crippen molar-refractivity contribution in [3.8, 4) is 5.75 Å². The first kappa shape index (κ1) is 14.8. The first-order valence-electron chi connectivity index (χ1n) is 6.53. The fourth-order valence-corrected chi connectivity index (χ4v) is 1.92. The summed E-state index contributed by atoms with van der Waals surface area (Å²) in [6.07, 6.45) is 0. The number of amides is 1. The van der Waals surface area contributed by atoms with Crippen LogP contribution in [-0.4, -0.2) is 13.0 Å². The molecule has 0 spiro atoms. The molecule has 4 nitrogen and oxygen atoms in total. The number of hydrogen-bond donors (Lipinski definition) is 2. The Balaban J connectivity index is 2.01. The van der Waals surface area contributed by atoms with Crippen molar-refractivity contribution < 1.29 is 13.9 Å². The zero-order valence-corrected chi connectivity index (χ0v) is 11.9. The number of methoxy groups -OCH3 is 1. The van der Waals surface area contributed by atoms with E-state index < -0.39 is 0 Å². The second kappa shape index (κ2) is 6.74. The van der Waals surface area contributed by atoms with Crippen LogP contribution < -0.4 is 15.4 Å². The molecule has 5 heteroatoms. The van der Waals surface area contributed by atoms with Crippen LogP contribution >= 0.6 is 0 Å². The Morgan fingerprint density at radius 1 is 1.14 bits per heavy atom. The minimum absolute atomic E-state index is 0.117. The van der Waals surface area contributed by atoms with E-state index in [1.165, 1.54) is 14.0 Å². The third kappa shape index (κ3) is 3.95. The monoisotopic (exact) mass is 288 g/mol. The fraction of sp³-hybridized carbons (Fsp3) is 0.188. The van der Waals surface area contributed by atoms with Crippen LogP contribution in [0.5, 0.6) is 5.75 Å². The van der Waals surface area contributed by atoms with Crippen LogP contribution in [0.25, 0.3) is 0 Å². The molecule has 0 atom stereocenters. The van der Waals surface area contributed by atoms with E-state index in [1.54, 1.807) is 30.3 Å². The summed E-state index contributed by atoms with van der Waals surface area (Å²) in [4.78, 5) is 10.9. The van der Waals surface area contributed by atoms with Crippen molar-refractivity contribution in [2.75, 3.05) is 17.7 Å². The number of halogens is 1. The minimum atomic E-state index is -0.359. The summed E-state index contributed by atoms with van der Waals surface area (Å²) in [5.41, 5.74) is 2.09. The minimum Gasteiger partial charge on any atom is -0.494 e. The summed E-state index contributed by atoms with van der Waals surface area (Å²) in [5, 5.41) is 5.81. The van der Waals surface area contributed by atoms with Gasteiger partial charge in [-0.05, 0) is 30.3 Å². The molecular weight excluding hydrogens is 271 g/mol. The van der Waals surface area contributed by atoms with Crippen molar-refractivity contribution in [2.45, 2.75) is 13.5 Å². The maximum absolute atomic E-state index is 14.0. The Bertz CT molecular complexity index is 627. The quantitative estimate of drug-likeness (QED) is 0.886.